The predicted octanol–water partition coefficient (Wildman–Crippen LogP) is 0.0691. The van der Waals surface area contributed by atoms with Crippen molar-refractivity contribution in [1.29, 1.82) is 0 Å². The molecule has 4 nitrogen and oxygen atoms in total. The van der Waals surface area contributed by atoms with Gasteiger partial charge in [0.15, 0.2) is 5.75 Å². The molecular formula is C6H6NO3S. The molecule has 0 saturated carbocycles. The molecule has 11 heavy (non-hydrogen) atoms. The van der Waals surface area contributed by atoms with Crippen molar-refractivity contribution in [2.24, 2.45) is 5.14 Å². The Kier molecular flexibility index (Phi) is 2.11. The lowest BCUT2D eigenvalue weighted by Crippen LogP contribution is -2.18. The van der Waals surface area contributed by atoms with Crippen LogP contribution in [0.15, 0.2) is 24.3 Å². The van der Waals surface area contributed by atoms with Gasteiger partial charge in [-0.3, -0.25) is 0 Å². The molecule has 0 aliphatic carbocycles. The van der Waals surface area contributed by atoms with Crippen LogP contribution in [0.2, 0.25) is 0 Å². The van der Waals surface area contributed by atoms with Gasteiger partial charge in [-0.1, -0.05) is 18.2 Å². The molecule has 2 N–H and O–H groups in total. The Balaban J connectivity index is 2.82. The van der Waals surface area contributed by atoms with Gasteiger partial charge in [0.05, 0.1) is 0 Å². The number of hydrogen-bond donors (Lipinski definition) is 1. The van der Waals surface area contributed by atoms with E-state index in [1.165, 1.54) is 12.1 Å². The SMILES string of the molecule is NS(=O)(=O)Oc1[c]cccc1. The molecule has 0 aliphatic rings. The number of rotatable bonds is 2. The fourth-order valence-corrected chi connectivity index (χ4v) is 0.908. The van der Waals surface area contributed by atoms with Crippen LogP contribution in [0.3, 0.4) is 0 Å². The third-order valence-electron chi connectivity index (χ3n) is 0.886. The second kappa shape index (κ2) is 2.89. The van der Waals surface area contributed by atoms with Crippen LogP contribution in [-0.4, -0.2) is 8.42 Å². The van der Waals surface area contributed by atoms with Crippen molar-refractivity contribution in [3.05, 3.63) is 30.3 Å². The van der Waals surface area contributed by atoms with Crippen molar-refractivity contribution in [2.75, 3.05) is 0 Å². The summed E-state index contributed by atoms with van der Waals surface area (Å²) in [5.41, 5.74) is 0. The van der Waals surface area contributed by atoms with Crippen LogP contribution in [0.25, 0.3) is 0 Å². The lowest BCUT2D eigenvalue weighted by molar-refractivity contribution is 0.487. The third kappa shape index (κ3) is 3.01. The average molecular weight is 172 g/mol. The zero-order chi connectivity index (χ0) is 8.32. The molecule has 1 aromatic rings. The van der Waals surface area contributed by atoms with Crippen molar-refractivity contribution in [1.82, 2.24) is 0 Å². The molecule has 59 valence electrons. The fourth-order valence-electron chi connectivity index (χ4n) is 0.554. The molecule has 0 atom stereocenters. The predicted molar refractivity (Wildman–Crippen MR) is 39.0 cm³/mol. The summed E-state index contributed by atoms with van der Waals surface area (Å²) in [6.07, 6.45) is 0. The van der Waals surface area contributed by atoms with E-state index >= 15 is 0 Å². The Bertz CT molecular complexity index is 319. The van der Waals surface area contributed by atoms with Gasteiger partial charge in [0.25, 0.3) is 0 Å². The number of hydrogen-bond acceptors (Lipinski definition) is 3. The zero-order valence-electron chi connectivity index (χ0n) is 5.52. The van der Waals surface area contributed by atoms with E-state index in [9.17, 15) is 8.42 Å². The summed E-state index contributed by atoms with van der Waals surface area (Å²) in [5, 5.41) is 4.60. The first-order chi connectivity index (χ1) is 5.08. The van der Waals surface area contributed by atoms with E-state index in [-0.39, 0.29) is 5.75 Å². The van der Waals surface area contributed by atoms with Gasteiger partial charge in [-0.2, -0.15) is 13.6 Å². The van der Waals surface area contributed by atoms with Crippen LogP contribution in [-0.2, 0) is 10.3 Å². The van der Waals surface area contributed by atoms with Crippen LogP contribution < -0.4 is 9.32 Å². The Labute approximate surface area is 64.9 Å². The highest BCUT2D eigenvalue weighted by Crippen LogP contribution is 2.08. The molecule has 0 unspecified atom stereocenters. The van der Waals surface area contributed by atoms with Gasteiger partial charge in [0, 0.05) is 6.07 Å². The maximum absolute atomic E-state index is 10.3. The summed E-state index contributed by atoms with van der Waals surface area (Å²) < 4.78 is 25.0. The van der Waals surface area contributed by atoms with Gasteiger partial charge in [0.2, 0.25) is 0 Å². The number of benzene rings is 1. The molecule has 0 spiro atoms. The van der Waals surface area contributed by atoms with Gasteiger partial charge < -0.3 is 4.18 Å². The molecule has 0 bridgehead atoms. The van der Waals surface area contributed by atoms with Crippen LogP contribution >= 0.6 is 0 Å². The van der Waals surface area contributed by atoms with Crippen molar-refractivity contribution < 1.29 is 12.6 Å². The van der Waals surface area contributed by atoms with Crippen molar-refractivity contribution in [3.63, 3.8) is 0 Å². The number of para-hydroxylation sites is 1. The molecular weight excluding hydrogens is 166 g/mol. The van der Waals surface area contributed by atoms with Crippen LogP contribution in [0, 0.1) is 6.07 Å². The first kappa shape index (κ1) is 8.03. The lowest BCUT2D eigenvalue weighted by atomic mass is 10.3. The van der Waals surface area contributed by atoms with Gasteiger partial charge in [-0.15, -0.1) is 0 Å². The molecule has 0 aliphatic heterocycles. The first-order valence-corrected chi connectivity index (χ1v) is 4.24. The van der Waals surface area contributed by atoms with Crippen molar-refractivity contribution in [3.8, 4) is 5.75 Å². The second-order valence-corrected chi connectivity index (χ2v) is 2.96. The Morgan fingerprint density at radius 1 is 1.45 bits per heavy atom. The van der Waals surface area contributed by atoms with Gasteiger partial charge in [0.1, 0.15) is 0 Å². The minimum atomic E-state index is -3.91. The number of nitrogens with two attached hydrogens (primary N) is 1. The highest BCUT2D eigenvalue weighted by molar-refractivity contribution is 7.84. The zero-order valence-corrected chi connectivity index (χ0v) is 6.34. The molecule has 1 radical (unpaired) electrons. The van der Waals surface area contributed by atoms with Crippen LogP contribution in [0.1, 0.15) is 0 Å². The average Bonchev–Trinajstić information content (AvgIpc) is 1.85. The molecule has 0 fully saturated rings. The standard InChI is InChI=1S/C6H6NO3S/c7-11(8,9)10-6-4-2-1-3-5-6/h1-4H,(H2,7,8,9). The molecule has 5 heteroatoms. The van der Waals surface area contributed by atoms with Crippen LogP contribution in [0.5, 0.6) is 5.75 Å². The summed E-state index contributed by atoms with van der Waals surface area (Å²) in [5.74, 6) is 0.0926. The second-order valence-electron chi connectivity index (χ2n) is 1.80. The van der Waals surface area contributed by atoms with Crippen molar-refractivity contribution >= 4 is 10.3 Å². The molecule has 0 amide bonds. The quantitative estimate of drug-likeness (QED) is 0.686. The van der Waals surface area contributed by atoms with Crippen LogP contribution in [0.4, 0.5) is 0 Å². The van der Waals surface area contributed by atoms with E-state index in [0.717, 1.165) is 0 Å². The molecule has 0 saturated heterocycles. The summed E-state index contributed by atoms with van der Waals surface area (Å²) >= 11 is 0. The summed E-state index contributed by atoms with van der Waals surface area (Å²) in [6, 6.07) is 8.83. The monoisotopic (exact) mass is 172 g/mol. The summed E-state index contributed by atoms with van der Waals surface area (Å²) in [6.45, 7) is 0. The van der Waals surface area contributed by atoms with E-state index in [0.29, 0.717) is 0 Å². The van der Waals surface area contributed by atoms with Gasteiger partial charge in [-0.25, -0.2) is 0 Å². The van der Waals surface area contributed by atoms with E-state index in [4.69, 9.17) is 0 Å². The maximum atomic E-state index is 10.3. The summed E-state index contributed by atoms with van der Waals surface area (Å²) in [7, 11) is -3.91. The van der Waals surface area contributed by atoms with Gasteiger partial charge >= 0.3 is 10.3 Å². The normalized spacial score (nSPS) is 11.0. The molecule has 1 rings (SSSR count). The minimum Gasteiger partial charge on any atom is -0.370 e. The van der Waals surface area contributed by atoms with E-state index < -0.39 is 10.3 Å². The summed E-state index contributed by atoms with van der Waals surface area (Å²) in [4.78, 5) is 0. The van der Waals surface area contributed by atoms with E-state index in [2.05, 4.69) is 15.4 Å². The van der Waals surface area contributed by atoms with Crippen molar-refractivity contribution in [2.45, 2.75) is 0 Å². The molecule has 0 aromatic heterocycles. The lowest BCUT2D eigenvalue weighted by Gasteiger charge is -1.98. The maximum Gasteiger partial charge on any atom is 0.380 e. The molecule has 1 aromatic carbocycles. The highest BCUT2D eigenvalue weighted by Gasteiger charge is 2.02. The minimum absolute atomic E-state index is 0.0926. The Morgan fingerprint density at radius 3 is 2.64 bits per heavy atom. The highest BCUT2D eigenvalue weighted by atomic mass is 32.2. The Morgan fingerprint density at radius 2 is 2.18 bits per heavy atom. The first-order valence-electron chi connectivity index (χ1n) is 2.77. The van der Waals surface area contributed by atoms with E-state index in [1.807, 2.05) is 0 Å². The third-order valence-corrected chi connectivity index (χ3v) is 1.30. The smallest absolute Gasteiger partial charge is 0.370 e. The fraction of sp³-hybridized carbons (Fsp3) is 0. The van der Waals surface area contributed by atoms with Gasteiger partial charge in [-0.05, 0) is 6.07 Å². The topological polar surface area (TPSA) is 69.4 Å². The molecule has 0 heterocycles. The largest absolute Gasteiger partial charge is 0.380 e. The Hall–Kier alpha value is -1.07. The van der Waals surface area contributed by atoms with E-state index in [1.54, 1.807) is 12.1 Å².